The SMILES string of the molecule is NC[C@@]1(c2ccc(Cl)c(Cl)c2)C[C@@H]1CCl.NC[C@]1(c2ccc(Cl)c(Cl)c2)C[C@@H]1CCl. The minimum atomic E-state index is 0.0377. The summed E-state index contributed by atoms with van der Waals surface area (Å²) in [4.78, 5) is 0. The molecule has 2 aliphatic carbocycles. The van der Waals surface area contributed by atoms with Crippen LogP contribution < -0.4 is 11.5 Å². The summed E-state index contributed by atoms with van der Waals surface area (Å²) in [6.07, 6.45) is 2.09. The van der Waals surface area contributed by atoms with E-state index in [-0.39, 0.29) is 10.8 Å². The molecular formula is C22H24Cl6N2. The van der Waals surface area contributed by atoms with Gasteiger partial charge in [0, 0.05) is 35.7 Å². The maximum atomic E-state index is 5.99. The van der Waals surface area contributed by atoms with Crippen LogP contribution in [0.25, 0.3) is 0 Å². The summed E-state index contributed by atoms with van der Waals surface area (Å²) < 4.78 is 0. The Hall–Kier alpha value is 0.1000. The van der Waals surface area contributed by atoms with Crippen LogP contribution in [0.4, 0.5) is 0 Å². The Morgan fingerprint density at radius 2 is 1.03 bits per heavy atom. The average molecular weight is 529 g/mol. The van der Waals surface area contributed by atoms with Crippen molar-refractivity contribution in [2.24, 2.45) is 23.3 Å². The zero-order valence-electron chi connectivity index (χ0n) is 16.3. The molecule has 0 bridgehead atoms. The van der Waals surface area contributed by atoms with Crippen LogP contribution in [-0.2, 0) is 10.8 Å². The Kier molecular flexibility index (Phi) is 8.19. The standard InChI is InChI=1S/2C11H12Cl3N/c2*12-5-8-4-11(8,6-15)7-1-2-9(13)10(14)3-7/h2*1-3,8H,4-6,15H2/t8-,11+;8-,11-/m11/s1. The number of hydrogen-bond donors (Lipinski definition) is 2. The monoisotopic (exact) mass is 526 g/mol. The van der Waals surface area contributed by atoms with Gasteiger partial charge in [-0.2, -0.15) is 0 Å². The van der Waals surface area contributed by atoms with E-state index in [1.54, 1.807) is 0 Å². The number of halogens is 6. The third kappa shape index (κ3) is 4.72. The fourth-order valence-corrected chi connectivity index (χ4v) is 5.63. The minimum absolute atomic E-state index is 0.0377. The fraction of sp³-hybridized carbons (Fsp3) is 0.455. The lowest BCUT2D eigenvalue weighted by Crippen LogP contribution is -2.22. The summed E-state index contributed by atoms with van der Waals surface area (Å²) in [5.74, 6) is 2.25. The molecule has 2 aliphatic rings. The van der Waals surface area contributed by atoms with Gasteiger partial charge >= 0.3 is 0 Å². The highest BCUT2D eigenvalue weighted by Crippen LogP contribution is 2.55. The number of nitrogens with two attached hydrogens (primary N) is 2. The Labute approximate surface area is 208 Å². The van der Waals surface area contributed by atoms with Crippen LogP contribution >= 0.6 is 69.6 Å². The second-order valence-electron chi connectivity index (χ2n) is 8.09. The van der Waals surface area contributed by atoms with Crippen molar-refractivity contribution in [1.82, 2.24) is 0 Å². The molecule has 0 aliphatic heterocycles. The minimum Gasteiger partial charge on any atom is -0.330 e. The summed E-state index contributed by atoms with van der Waals surface area (Å²) in [5.41, 5.74) is 14.0. The molecular weight excluding hydrogens is 505 g/mol. The van der Waals surface area contributed by atoms with Gasteiger partial charge in [-0.1, -0.05) is 58.5 Å². The lowest BCUT2D eigenvalue weighted by atomic mass is 9.94. The van der Waals surface area contributed by atoms with E-state index >= 15 is 0 Å². The molecule has 0 radical (unpaired) electrons. The van der Waals surface area contributed by atoms with Crippen LogP contribution in [0, 0.1) is 11.8 Å². The van der Waals surface area contributed by atoms with Gasteiger partial charge in [0.15, 0.2) is 0 Å². The van der Waals surface area contributed by atoms with Crippen molar-refractivity contribution < 1.29 is 0 Å². The van der Waals surface area contributed by atoms with Crippen molar-refractivity contribution in [3.05, 3.63) is 67.6 Å². The lowest BCUT2D eigenvalue weighted by molar-refractivity contribution is 0.644. The first-order valence-corrected chi connectivity index (χ1v) is 12.3. The molecule has 4 rings (SSSR count). The van der Waals surface area contributed by atoms with E-state index in [0.29, 0.717) is 56.8 Å². The topological polar surface area (TPSA) is 52.0 Å². The first kappa shape index (κ1) is 24.7. The maximum absolute atomic E-state index is 5.99. The zero-order valence-corrected chi connectivity index (χ0v) is 20.8. The van der Waals surface area contributed by atoms with Gasteiger partial charge in [-0.25, -0.2) is 0 Å². The number of hydrogen-bond acceptors (Lipinski definition) is 2. The van der Waals surface area contributed by atoms with Gasteiger partial charge in [-0.3, -0.25) is 0 Å². The molecule has 164 valence electrons. The third-order valence-corrected chi connectivity index (χ3v) is 8.78. The second kappa shape index (κ2) is 9.93. The van der Waals surface area contributed by atoms with E-state index < -0.39 is 0 Å². The van der Waals surface area contributed by atoms with Gasteiger partial charge in [0.05, 0.1) is 20.1 Å². The quantitative estimate of drug-likeness (QED) is 0.401. The van der Waals surface area contributed by atoms with E-state index in [2.05, 4.69) is 0 Å². The smallest absolute Gasteiger partial charge is 0.0595 e. The van der Waals surface area contributed by atoms with Crippen molar-refractivity contribution in [2.75, 3.05) is 24.8 Å². The second-order valence-corrected chi connectivity index (χ2v) is 10.3. The van der Waals surface area contributed by atoms with Gasteiger partial charge in [-0.05, 0) is 60.1 Å². The van der Waals surface area contributed by atoms with Gasteiger partial charge < -0.3 is 11.5 Å². The molecule has 0 spiro atoms. The molecule has 0 heterocycles. The van der Waals surface area contributed by atoms with Gasteiger partial charge in [0.25, 0.3) is 0 Å². The molecule has 0 saturated heterocycles. The van der Waals surface area contributed by atoms with Gasteiger partial charge in [-0.15, -0.1) is 23.2 Å². The largest absolute Gasteiger partial charge is 0.330 e. The molecule has 2 fully saturated rings. The van der Waals surface area contributed by atoms with Gasteiger partial charge in [0.1, 0.15) is 0 Å². The molecule has 2 nitrogen and oxygen atoms in total. The molecule has 8 heteroatoms. The third-order valence-electron chi connectivity index (χ3n) is 6.55. The Bertz CT molecular complexity index is 834. The molecule has 0 amide bonds. The highest BCUT2D eigenvalue weighted by Gasteiger charge is 2.54. The summed E-state index contributed by atoms with van der Waals surface area (Å²) >= 11 is 35.5. The van der Waals surface area contributed by atoms with E-state index in [1.807, 2.05) is 36.4 Å². The first-order valence-electron chi connectivity index (χ1n) is 9.71. The molecule has 30 heavy (non-hydrogen) atoms. The van der Waals surface area contributed by atoms with Crippen LogP contribution in [0.15, 0.2) is 36.4 Å². The van der Waals surface area contributed by atoms with E-state index in [0.717, 1.165) is 24.0 Å². The Balaban J connectivity index is 0.000000171. The number of benzene rings is 2. The zero-order chi connectivity index (χ0) is 22.1. The molecule has 4 N–H and O–H groups in total. The highest BCUT2D eigenvalue weighted by molar-refractivity contribution is 6.42. The van der Waals surface area contributed by atoms with Crippen molar-refractivity contribution in [2.45, 2.75) is 23.7 Å². The van der Waals surface area contributed by atoms with E-state index in [4.69, 9.17) is 81.1 Å². The fourth-order valence-electron chi connectivity index (χ4n) is 4.22. The average Bonchev–Trinajstić information content (AvgIpc) is 3.65. The molecule has 2 saturated carbocycles. The molecule has 2 aromatic rings. The van der Waals surface area contributed by atoms with Crippen LogP contribution in [0.2, 0.25) is 20.1 Å². The normalized spacial score (nSPS) is 29.2. The Morgan fingerprint density at radius 3 is 1.27 bits per heavy atom. The predicted octanol–water partition coefficient (Wildman–Crippen LogP) is 6.90. The van der Waals surface area contributed by atoms with Crippen LogP contribution in [0.5, 0.6) is 0 Å². The summed E-state index contributed by atoms with van der Waals surface area (Å²) in [5, 5.41) is 2.33. The summed E-state index contributed by atoms with van der Waals surface area (Å²) in [7, 11) is 0. The first-order chi connectivity index (χ1) is 14.3. The molecule has 0 aromatic heterocycles. The molecule has 0 unspecified atom stereocenters. The van der Waals surface area contributed by atoms with Crippen LogP contribution in [-0.4, -0.2) is 24.8 Å². The van der Waals surface area contributed by atoms with Crippen molar-refractivity contribution in [3.8, 4) is 0 Å². The van der Waals surface area contributed by atoms with Crippen molar-refractivity contribution in [1.29, 1.82) is 0 Å². The molecule has 2 aromatic carbocycles. The van der Waals surface area contributed by atoms with Gasteiger partial charge in [0.2, 0.25) is 0 Å². The predicted molar refractivity (Wildman–Crippen MR) is 132 cm³/mol. The number of rotatable bonds is 6. The summed E-state index contributed by atoms with van der Waals surface area (Å²) in [6.45, 7) is 1.23. The number of alkyl halides is 2. The Morgan fingerprint density at radius 1 is 0.667 bits per heavy atom. The maximum Gasteiger partial charge on any atom is 0.0595 e. The highest BCUT2D eigenvalue weighted by atomic mass is 35.5. The van der Waals surface area contributed by atoms with Crippen molar-refractivity contribution >= 4 is 69.6 Å². The van der Waals surface area contributed by atoms with Crippen molar-refractivity contribution in [3.63, 3.8) is 0 Å². The van der Waals surface area contributed by atoms with Crippen LogP contribution in [0.3, 0.4) is 0 Å². The van der Waals surface area contributed by atoms with E-state index in [9.17, 15) is 0 Å². The molecule has 4 atom stereocenters. The lowest BCUT2D eigenvalue weighted by Gasteiger charge is -2.15. The van der Waals surface area contributed by atoms with Crippen LogP contribution in [0.1, 0.15) is 24.0 Å². The van der Waals surface area contributed by atoms with E-state index in [1.165, 1.54) is 0 Å². The summed E-state index contributed by atoms with van der Waals surface area (Å²) in [6, 6.07) is 11.4.